The van der Waals surface area contributed by atoms with Crippen LogP contribution in [0.4, 0.5) is 0 Å². The van der Waals surface area contributed by atoms with Gasteiger partial charge in [-0.1, -0.05) is 28.5 Å². The molecule has 0 saturated heterocycles. The van der Waals surface area contributed by atoms with E-state index in [2.05, 4.69) is 15.2 Å². The highest BCUT2D eigenvalue weighted by atomic mass is 16.4. The molecule has 1 N–H and O–H groups in total. The van der Waals surface area contributed by atoms with Crippen LogP contribution in [0.15, 0.2) is 34.5 Å². The van der Waals surface area contributed by atoms with Gasteiger partial charge in [-0.3, -0.25) is 0 Å². The van der Waals surface area contributed by atoms with Crippen molar-refractivity contribution in [3.8, 4) is 0 Å². The minimum absolute atomic E-state index is 0.309. The summed E-state index contributed by atoms with van der Waals surface area (Å²) in [4.78, 5) is 2.65. The molecular weight excluding hydrogens is 168 g/mol. The van der Waals surface area contributed by atoms with Crippen LogP contribution >= 0.6 is 0 Å². The van der Waals surface area contributed by atoms with E-state index in [1.54, 1.807) is 18.2 Å². The molecule has 0 unspecified atom stereocenters. The Bertz CT molecular complexity index is 355. The van der Waals surface area contributed by atoms with Crippen LogP contribution in [-0.4, -0.2) is 11.4 Å². The van der Waals surface area contributed by atoms with E-state index in [-0.39, 0.29) is 0 Å². The van der Waals surface area contributed by atoms with Crippen molar-refractivity contribution in [1.29, 1.82) is 0 Å². The molecule has 0 amide bonds. The van der Waals surface area contributed by atoms with Gasteiger partial charge < -0.3 is 5.21 Å². The number of nitrogens with zero attached hydrogens (tertiary/aromatic N) is 4. The van der Waals surface area contributed by atoms with E-state index in [1.807, 2.05) is 6.07 Å². The van der Waals surface area contributed by atoms with Gasteiger partial charge in [-0.05, 0) is 22.7 Å². The fourth-order valence-corrected chi connectivity index (χ4v) is 0.952. The van der Waals surface area contributed by atoms with Gasteiger partial charge in [0.05, 0.1) is 12.8 Å². The lowest BCUT2D eigenvalue weighted by Gasteiger charge is -1.96. The van der Waals surface area contributed by atoms with Crippen LogP contribution in [0, 0.1) is 0 Å². The van der Waals surface area contributed by atoms with Gasteiger partial charge in [0.1, 0.15) is 0 Å². The predicted octanol–water partition coefficient (Wildman–Crippen LogP) is 2.30. The molecule has 1 aromatic carbocycles. The second-order valence-electron chi connectivity index (χ2n) is 2.38. The first kappa shape index (κ1) is 9.09. The van der Waals surface area contributed by atoms with Crippen molar-refractivity contribution in [1.82, 2.24) is 0 Å². The maximum Gasteiger partial charge on any atom is 0.0733 e. The number of hydrogen-bond acceptors (Lipinski definition) is 3. The number of rotatable bonds is 3. The lowest BCUT2D eigenvalue weighted by atomic mass is 10.1. The normalized spacial score (nSPS) is 9.85. The van der Waals surface area contributed by atoms with Gasteiger partial charge in [-0.25, -0.2) is 0 Å². The number of benzene rings is 1. The van der Waals surface area contributed by atoms with E-state index < -0.39 is 0 Å². The van der Waals surface area contributed by atoms with Gasteiger partial charge in [0.15, 0.2) is 0 Å². The van der Waals surface area contributed by atoms with Gasteiger partial charge in [-0.15, -0.1) is 0 Å². The quantitative estimate of drug-likeness (QED) is 0.188. The number of hydrogen-bond donors (Lipinski definition) is 1. The van der Waals surface area contributed by atoms with Crippen molar-refractivity contribution in [3.63, 3.8) is 0 Å². The summed E-state index contributed by atoms with van der Waals surface area (Å²) in [7, 11) is 0. The maximum atomic E-state index is 8.27. The lowest BCUT2D eigenvalue weighted by Crippen LogP contribution is -1.85. The number of oxime groups is 1. The molecule has 0 fully saturated rings. The zero-order chi connectivity index (χ0) is 9.52. The van der Waals surface area contributed by atoms with Crippen LogP contribution in [0.25, 0.3) is 10.4 Å². The monoisotopic (exact) mass is 176 g/mol. The molecule has 0 atom stereocenters. The van der Waals surface area contributed by atoms with E-state index in [0.29, 0.717) is 6.54 Å². The topological polar surface area (TPSA) is 81.4 Å². The predicted molar refractivity (Wildman–Crippen MR) is 48.7 cm³/mol. The molecule has 0 spiro atoms. The second kappa shape index (κ2) is 4.79. The van der Waals surface area contributed by atoms with Crippen molar-refractivity contribution >= 4 is 6.21 Å². The first-order valence-corrected chi connectivity index (χ1v) is 3.64. The van der Waals surface area contributed by atoms with E-state index >= 15 is 0 Å². The molecule has 66 valence electrons. The number of azide groups is 1. The van der Waals surface area contributed by atoms with Crippen LogP contribution in [0.5, 0.6) is 0 Å². The molecular formula is C8H8N4O. The van der Waals surface area contributed by atoms with Crippen molar-refractivity contribution in [2.75, 3.05) is 0 Å². The highest BCUT2D eigenvalue weighted by Gasteiger charge is 1.91. The molecule has 5 heteroatoms. The zero-order valence-electron chi connectivity index (χ0n) is 6.83. The first-order chi connectivity index (χ1) is 6.36. The lowest BCUT2D eigenvalue weighted by molar-refractivity contribution is 0.322. The van der Waals surface area contributed by atoms with E-state index in [9.17, 15) is 0 Å². The van der Waals surface area contributed by atoms with Gasteiger partial charge in [-0.2, -0.15) is 0 Å². The molecule has 0 aliphatic carbocycles. The molecule has 0 radical (unpaired) electrons. The average Bonchev–Trinajstić information content (AvgIpc) is 2.16. The van der Waals surface area contributed by atoms with Crippen molar-refractivity contribution in [2.24, 2.45) is 10.3 Å². The Labute approximate surface area is 74.9 Å². The summed E-state index contributed by atoms with van der Waals surface area (Å²) in [6.45, 7) is 0.309. The fraction of sp³-hybridized carbons (Fsp3) is 0.125. The van der Waals surface area contributed by atoms with E-state index in [4.69, 9.17) is 10.7 Å². The van der Waals surface area contributed by atoms with Gasteiger partial charge in [0, 0.05) is 4.91 Å². The summed E-state index contributed by atoms with van der Waals surface area (Å²) in [5, 5.41) is 14.6. The van der Waals surface area contributed by atoms with Crippen LogP contribution in [0.1, 0.15) is 11.1 Å². The molecule has 1 rings (SSSR count). The molecule has 5 nitrogen and oxygen atoms in total. The van der Waals surface area contributed by atoms with Crippen molar-refractivity contribution in [2.45, 2.75) is 6.54 Å². The Hall–Kier alpha value is -2.00. The molecule has 0 bridgehead atoms. The highest BCUT2D eigenvalue weighted by Crippen LogP contribution is 2.04. The summed E-state index contributed by atoms with van der Waals surface area (Å²) in [6, 6.07) is 7.22. The summed E-state index contributed by atoms with van der Waals surface area (Å²) in [5.74, 6) is 0. The Morgan fingerprint density at radius 1 is 1.54 bits per heavy atom. The summed E-state index contributed by atoms with van der Waals surface area (Å²) in [5.41, 5.74) is 9.75. The van der Waals surface area contributed by atoms with Gasteiger partial charge in [0.2, 0.25) is 0 Å². The van der Waals surface area contributed by atoms with Crippen LogP contribution in [0.3, 0.4) is 0 Å². The third-order valence-corrected chi connectivity index (χ3v) is 1.47. The minimum Gasteiger partial charge on any atom is -0.411 e. The molecule has 0 saturated carbocycles. The first-order valence-electron chi connectivity index (χ1n) is 3.64. The molecule has 0 aliphatic heterocycles. The third kappa shape index (κ3) is 2.84. The van der Waals surface area contributed by atoms with Crippen LogP contribution in [0.2, 0.25) is 0 Å². The largest absolute Gasteiger partial charge is 0.411 e. The van der Waals surface area contributed by atoms with Crippen LogP contribution in [-0.2, 0) is 6.54 Å². The SMILES string of the molecule is [N-]=[N+]=NCc1cccc(/C=N/O)c1. The Morgan fingerprint density at radius 3 is 3.08 bits per heavy atom. The minimum atomic E-state index is 0.309. The van der Waals surface area contributed by atoms with Crippen LogP contribution < -0.4 is 0 Å². The Kier molecular flexibility index (Phi) is 3.35. The van der Waals surface area contributed by atoms with E-state index in [0.717, 1.165) is 11.1 Å². The maximum absolute atomic E-state index is 8.27. The summed E-state index contributed by atoms with van der Waals surface area (Å²) < 4.78 is 0. The summed E-state index contributed by atoms with van der Waals surface area (Å²) in [6.07, 6.45) is 1.32. The van der Waals surface area contributed by atoms with Crippen molar-refractivity contribution in [3.05, 3.63) is 45.8 Å². The smallest absolute Gasteiger partial charge is 0.0733 e. The van der Waals surface area contributed by atoms with E-state index in [1.165, 1.54) is 6.21 Å². The Balaban J connectivity index is 2.84. The fourth-order valence-electron chi connectivity index (χ4n) is 0.952. The molecule has 13 heavy (non-hydrogen) atoms. The Morgan fingerprint density at radius 2 is 2.38 bits per heavy atom. The van der Waals surface area contributed by atoms with Gasteiger partial charge >= 0.3 is 0 Å². The van der Waals surface area contributed by atoms with Crippen molar-refractivity contribution < 1.29 is 5.21 Å². The second-order valence-corrected chi connectivity index (χ2v) is 2.38. The zero-order valence-corrected chi connectivity index (χ0v) is 6.83. The average molecular weight is 176 g/mol. The molecule has 1 aromatic rings. The molecule has 0 heterocycles. The molecule has 0 aliphatic rings. The highest BCUT2D eigenvalue weighted by molar-refractivity contribution is 5.79. The molecule has 0 aromatic heterocycles. The third-order valence-electron chi connectivity index (χ3n) is 1.47. The standard InChI is InChI=1S/C8H8N4O/c9-12-10-5-7-2-1-3-8(4-7)6-11-13/h1-4,6,13H,5H2/b11-6+. The summed E-state index contributed by atoms with van der Waals surface area (Å²) >= 11 is 0. The van der Waals surface area contributed by atoms with Gasteiger partial charge in [0.25, 0.3) is 0 Å².